The summed E-state index contributed by atoms with van der Waals surface area (Å²) < 4.78 is 42.0. The molecule has 6 rings (SSSR count). The number of halogens is 4. The Morgan fingerprint density at radius 1 is 1.03 bits per heavy atom. The predicted molar refractivity (Wildman–Crippen MR) is 107 cm³/mol. The van der Waals surface area contributed by atoms with Gasteiger partial charge in [-0.3, -0.25) is 4.79 Å². The number of amides is 1. The largest absolute Gasteiger partial charge is 0.394 e. The third-order valence-corrected chi connectivity index (χ3v) is 8.00. The number of benzene rings is 1. The Morgan fingerprint density at radius 2 is 1.66 bits per heavy atom. The molecule has 0 spiro atoms. The van der Waals surface area contributed by atoms with E-state index in [9.17, 15) is 18.0 Å². The molecule has 0 radical (unpaired) electrons. The summed E-state index contributed by atoms with van der Waals surface area (Å²) in [6.45, 7) is 0.953. The van der Waals surface area contributed by atoms with Gasteiger partial charge in [-0.1, -0.05) is 30.3 Å². The number of alkyl halides is 3. The summed E-state index contributed by atoms with van der Waals surface area (Å²) in [4.78, 5) is 15.4. The maximum atomic E-state index is 14.0. The van der Waals surface area contributed by atoms with E-state index in [0.29, 0.717) is 25.9 Å². The number of nitrogens with zero attached hydrogens (tertiary/aromatic N) is 1. The van der Waals surface area contributed by atoms with Crippen molar-refractivity contribution in [3.05, 3.63) is 35.9 Å². The van der Waals surface area contributed by atoms with E-state index in [-0.39, 0.29) is 61.4 Å². The van der Waals surface area contributed by atoms with Crippen molar-refractivity contribution in [3.63, 3.8) is 0 Å². The average Bonchev–Trinajstić information content (AvgIpc) is 3.01. The lowest BCUT2D eigenvalue weighted by molar-refractivity contribution is -0.284. The molecular formula is C22H28ClF3N2O. The average molecular weight is 429 g/mol. The highest BCUT2D eigenvalue weighted by Crippen LogP contribution is 2.69. The summed E-state index contributed by atoms with van der Waals surface area (Å²) >= 11 is 0. The lowest BCUT2D eigenvalue weighted by Gasteiger charge is -2.61. The molecule has 3 nitrogen and oxygen atoms in total. The van der Waals surface area contributed by atoms with Gasteiger partial charge in [-0.05, 0) is 55.9 Å². The van der Waals surface area contributed by atoms with Crippen molar-refractivity contribution in [2.45, 2.75) is 56.7 Å². The van der Waals surface area contributed by atoms with Gasteiger partial charge in [-0.15, -0.1) is 12.4 Å². The van der Waals surface area contributed by atoms with Crippen LogP contribution in [0.5, 0.6) is 0 Å². The fourth-order valence-corrected chi connectivity index (χ4v) is 7.23. The Labute approximate surface area is 175 Å². The van der Waals surface area contributed by atoms with E-state index in [2.05, 4.69) is 0 Å². The molecule has 1 heterocycles. The molecular weight excluding hydrogens is 401 g/mol. The molecule has 7 heteroatoms. The van der Waals surface area contributed by atoms with E-state index < -0.39 is 17.0 Å². The van der Waals surface area contributed by atoms with Crippen LogP contribution in [0, 0.1) is 22.7 Å². The van der Waals surface area contributed by atoms with Crippen molar-refractivity contribution in [1.29, 1.82) is 0 Å². The first-order valence-electron chi connectivity index (χ1n) is 10.4. The second-order valence-electron chi connectivity index (χ2n) is 9.91. The zero-order valence-electron chi connectivity index (χ0n) is 16.3. The zero-order chi connectivity index (χ0) is 19.7. The first-order valence-corrected chi connectivity index (χ1v) is 10.4. The van der Waals surface area contributed by atoms with Gasteiger partial charge in [0.05, 0.1) is 10.8 Å². The number of likely N-dealkylation sites (tertiary alicyclic amines) is 1. The van der Waals surface area contributed by atoms with E-state index in [1.54, 1.807) is 4.90 Å². The molecule has 5 aliphatic rings. The highest BCUT2D eigenvalue weighted by molar-refractivity contribution is 5.85. The van der Waals surface area contributed by atoms with Crippen molar-refractivity contribution >= 4 is 18.3 Å². The van der Waals surface area contributed by atoms with Crippen molar-refractivity contribution in [2.75, 3.05) is 13.1 Å². The molecule has 5 fully saturated rings. The minimum Gasteiger partial charge on any atom is -0.340 e. The van der Waals surface area contributed by atoms with Crippen molar-refractivity contribution in [3.8, 4) is 0 Å². The van der Waals surface area contributed by atoms with Crippen LogP contribution in [0.1, 0.15) is 50.0 Å². The highest BCUT2D eigenvalue weighted by Gasteiger charge is 2.69. The predicted octanol–water partition coefficient (Wildman–Crippen LogP) is 4.51. The van der Waals surface area contributed by atoms with Crippen LogP contribution in [0.25, 0.3) is 0 Å². The third kappa shape index (κ3) is 3.18. The molecule has 4 bridgehead atoms. The second-order valence-corrected chi connectivity index (χ2v) is 9.91. The zero-order valence-corrected chi connectivity index (χ0v) is 17.1. The minimum absolute atomic E-state index is 0. The van der Waals surface area contributed by atoms with Gasteiger partial charge in [0.1, 0.15) is 0 Å². The molecule has 4 aliphatic carbocycles. The van der Waals surface area contributed by atoms with E-state index in [0.717, 1.165) is 12.0 Å². The number of hydrogen-bond donors (Lipinski definition) is 1. The van der Waals surface area contributed by atoms with Gasteiger partial charge in [0, 0.05) is 25.0 Å². The van der Waals surface area contributed by atoms with Crippen LogP contribution >= 0.6 is 12.4 Å². The molecule has 0 aromatic heterocycles. The fourth-order valence-electron chi connectivity index (χ4n) is 7.23. The van der Waals surface area contributed by atoms with Gasteiger partial charge in [0.15, 0.2) is 0 Å². The summed E-state index contributed by atoms with van der Waals surface area (Å²) in [6, 6.07) is 9.72. The Morgan fingerprint density at radius 3 is 2.24 bits per heavy atom. The Bertz CT molecular complexity index is 770. The van der Waals surface area contributed by atoms with E-state index in [4.69, 9.17) is 5.73 Å². The molecule has 160 valence electrons. The van der Waals surface area contributed by atoms with Gasteiger partial charge < -0.3 is 10.6 Å². The van der Waals surface area contributed by atoms with Crippen molar-refractivity contribution in [1.82, 2.24) is 4.90 Å². The van der Waals surface area contributed by atoms with Gasteiger partial charge in [-0.25, -0.2) is 0 Å². The first kappa shape index (κ1) is 21.0. The lowest BCUT2D eigenvalue weighted by atomic mass is 9.43. The smallest absolute Gasteiger partial charge is 0.340 e. The van der Waals surface area contributed by atoms with Crippen LogP contribution in [0.2, 0.25) is 0 Å². The van der Waals surface area contributed by atoms with Gasteiger partial charge in [-0.2, -0.15) is 13.2 Å². The van der Waals surface area contributed by atoms with E-state index >= 15 is 0 Å². The Kier molecular flexibility index (Phi) is 4.97. The van der Waals surface area contributed by atoms with Crippen LogP contribution in [-0.4, -0.2) is 36.1 Å². The maximum absolute atomic E-state index is 14.0. The molecule has 4 saturated carbocycles. The van der Waals surface area contributed by atoms with Crippen LogP contribution in [0.15, 0.2) is 30.3 Å². The molecule has 1 aromatic rings. The van der Waals surface area contributed by atoms with Crippen LogP contribution in [-0.2, 0) is 4.79 Å². The number of carbonyl (C=O) groups is 1. The van der Waals surface area contributed by atoms with E-state index in [1.807, 2.05) is 30.3 Å². The first-order chi connectivity index (χ1) is 13.2. The molecule has 29 heavy (non-hydrogen) atoms. The molecule has 2 N–H and O–H groups in total. The standard InChI is InChI=1S/C22H27F3N2O.ClH/c23-22(24,25)21-9-14-6-15(10-21)8-20(7-14,13-21)19(28)27-11-17(18(26)12-27)16-4-2-1-3-5-16;/h1-5,14-15,17-18H,6-13,26H2;1H/t14?,15?,17-,18+,20?,21?;/m0./s1. The normalized spacial score (nSPS) is 40.8. The lowest BCUT2D eigenvalue weighted by Crippen LogP contribution is -2.61. The highest BCUT2D eigenvalue weighted by atomic mass is 35.5. The number of nitrogens with two attached hydrogens (primary N) is 1. The summed E-state index contributed by atoms with van der Waals surface area (Å²) in [5, 5.41) is 0. The molecule has 1 saturated heterocycles. The monoisotopic (exact) mass is 428 g/mol. The Hall–Kier alpha value is -1.27. The molecule has 1 aliphatic heterocycles. The second kappa shape index (κ2) is 6.88. The summed E-state index contributed by atoms with van der Waals surface area (Å²) in [6.07, 6.45) is -1.69. The van der Waals surface area contributed by atoms with Crippen molar-refractivity contribution in [2.24, 2.45) is 28.4 Å². The molecule has 2 unspecified atom stereocenters. The molecule has 1 amide bonds. The van der Waals surface area contributed by atoms with Gasteiger partial charge in [0.25, 0.3) is 0 Å². The minimum atomic E-state index is -4.22. The van der Waals surface area contributed by atoms with Crippen LogP contribution in [0.4, 0.5) is 13.2 Å². The Balaban J connectivity index is 0.00000205. The fraction of sp³-hybridized carbons (Fsp3) is 0.682. The summed E-state index contributed by atoms with van der Waals surface area (Å²) in [5.41, 5.74) is 4.98. The van der Waals surface area contributed by atoms with Crippen LogP contribution < -0.4 is 5.73 Å². The van der Waals surface area contributed by atoms with Crippen LogP contribution in [0.3, 0.4) is 0 Å². The summed E-state index contributed by atoms with van der Waals surface area (Å²) in [5.74, 6) is 0.0563. The molecule has 4 atom stereocenters. The van der Waals surface area contributed by atoms with Gasteiger partial charge >= 0.3 is 6.18 Å². The molecule has 1 aromatic carbocycles. The number of rotatable bonds is 2. The topological polar surface area (TPSA) is 46.3 Å². The number of hydrogen-bond acceptors (Lipinski definition) is 2. The maximum Gasteiger partial charge on any atom is 0.394 e. The number of carbonyl (C=O) groups excluding carboxylic acids is 1. The summed E-state index contributed by atoms with van der Waals surface area (Å²) in [7, 11) is 0. The van der Waals surface area contributed by atoms with E-state index in [1.165, 1.54) is 0 Å². The third-order valence-electron chi connectivity index (χ3n) is 8.00. The quantitative estimate of drug-likeness (QED) is 0.753. The van der Waals surface area contributed by atoms with Crippen molar-refractivity contribution < 1.29 is 18.0 Å². The SMILES string of the molecule is Cl.N[C@@H]1CN(C(=O)C23CC4CC(C2)CC(C(F)(F)F)(C4)C3)C[C@H]1c1ccccc1. The van der Waals surface area contributed by atoms with Gasteiger partial charge in [0.2, 0.25) is 5.91 Å².